The highest BCUT2D eigenvalue weighted by molar-refractivity contribution is 6.08. The molecule has 1 heterocycles. The van der Waals surface area contributed by atoms with Gasteiger partial charge < -0.3 is 10.1 Å². The number of hydrogen-bond acceptors (Lipinski definition) is 4. The summed E-state index contributed by atoms with van der Waals surface area (Å²) in [6.45, 7) is 2.54. The van der Waals surface area contributed by atoms with Gasteiger partial charge in [0.15, 0.2) is 0 Å². The van der Waals surface area contributed by atoms with Gasteiger partial charge in [-0.3, -0.25) is 4.79 Å². The van der Waals surface area contributed by atoms with E-state index in [1.54, 1.807) is 12.1 Å². The van der Waals surface area contributed by atoms with Gasteiger partial charge in [-0.25, -0.2) is 9.97 Å². The van der Waals surface area contributed by atoms with E-state index in [0.717, 1.165) is 33.1 Å². The molecule has 4 aromatic carbocycles. The third-order valence-electron chi connectivity index (χ3n) is 5.01. The van der Waals surface area contributed by atoms with E-state index >= 15 is 0 Å². The number of aromatic nitrogens is 2. The SMILES string of the molecule is CCOc1ccc(NC(=O)c2ccc3nc4ccc5ccccc5c4nc3c2)cc1. The number of amides is 1. The zero-order valence-corrected chi connectivity index (χ0v) is 16.4. The molecule has 146 valence electrons. The normalized spacial score (nSPS) is 11.1. The Kier molecular flexibility index (Phi) is 4.48. The van der Waals surface area contributed by atoms with Gasteiger partial charge in [-0.05, 0) is 60.8 Å². The van der Waals surface area contributed by atoms with Crippen molar-refractivity contribution < 1.29 is 9.53 Å². The number of nitrogens with zero attached hydrogens (tertiary/aromatic N) is 2. The molecule has 0 fully saturated rings. The Labute approximate surface area is 173 Å². The maximum Gasteiger partial charge on any atom is 0.255 e. The minimum absolute atomic E-state index is 0.194. The second-order valence-electron chi connectivity index (χ2n) is 6.99. The van der Waals surface area contributed by atoms with Crippen molar-refractivity contribution in [1.82, 2.24) is 9.97 Å². The fourth-order valence-corrected chi connectivity index (χ4v) is 3.55. The fourth-order valence-electron chi connectivity index (χ4n) is 3.55. The predicted octanol–water partition coefficient (Wildman–Crippen LogP) is 5.59. The van der Waals surface area contributed by atoms with E-state index in [1.807, 2.05) is 61.5 Å². The van der Waals surface area contributed by atoms with Gasteiger partial charge in [-0.2, -0.15) is 0 Å². The van der Waals surface area contributed by atoms with Crippen molar-refractivity contribution in [2.24, 2.45) is 0 Å². The van der Waals surface area contributed by atoms with Crippen molar-refractivity contribution in [3.8, 4) is 5.75 Å². The van der Waals surface area contributed by atoms with E-state index in [1.165, 1.54) is 0 Å². The Morgan fingerprint density at radius 1 is 0.867 bits per heavy atom. The summed E-state index contributed by atoms with van der Waals surface area (Å²) in [7, 11) is 0. The second kappa shape index (κ2) is 7.44. The summed E-state index contributed by atoms with van der Waals surface area (Å²) in [5.41, 5.74) is 4.37. The minimum atomic E-state index is -0.194. The smallest absolute Gasteiger partial charge is 0.255 e. The lowest BCUT2D eigenvalue weighted by molar-refractivity contribution is 0.102. The van der Waals surface area contributed by atoms with Crippen LogP contribution in [0.3, 0.4) is 0 Å². The van der Waals surface area contributed by atoms with Crippen molar-refractivity contribution in [1.29, 1.82) is 0 Å². The molecular weight excluding hydrogens is 374 g/mol. The molecule has 1 amide bonds. The third-order valence-corrected chi connectivity index (χ3v) is 5.01. The molecule has 0 radical (unpaired) electrons. The van der Waals surface area contributed by atoms with Crippen LogP contribution in [-0.4, -0.2) is 22.5 Å². The van der Waals surface area contributed by atoms with Crippen LogP contribution in [-0.2, 0) is 0 Å². The van der Waals surface area contributed by atoms with Crippen molar-refractivity contribution in [3.63, 3.8) is 0 Å². The highest BCUT2D eigenvalue weighted by atomic mass is 16.5. The van der Waals surface area contributed by atoms with Crippen LogP contribution >= 0.6 is 0 Å². The van der Waals surface area contributed by atoms with E-state index < -0.39 is 0 Å². The summed E-state index contributed by atoms with van der Waals surface area (Å²) in [4.78, 5) is 22.3. The van der Waals surface area contributed by atoms with E-state index in [0.29, 0.717) is 23.4 Å². The van der Waals surface area contributed by atoms with E-state index in [2.05, 4.69) is 17.4 Å². The Bertz CT molecular complexity index is 1390. The molecule has 0 bridgehead atoms. The van der Waals surface area contributed by atoms with Crippen LogP contribution < -0.4 is 10.1 Å². The number of ether oxygens (including phenoxy) is 1. The third kappa shape index (κ3) is 3.31. The van der Waals surface area contributed by atoms with Crippen LogP contribution in [0.5, 0.6) is 5.75 Å². The molecule has 5 heteroatoms. The zero-order chi connectivity index (χ0) is 20.5. The number of nitrogens with one attached hydrogen (secondary N) is 1. The first-order valence-electron chi connectivity index (χ1n) is 9.85. The van der Waals surface area contributed by atoms with Gasteiger partial charge in [0.25, 0.3) is 5.91 Å². The Hall–Kier alpha value is -3.99. The molecule has 0 aliphatic carbocycles. The van der Waals surface area contributed by atoms with Crippen molar-refractivity contribution in [3.05, 3.63) is 84.4 Å². The summed E-state index contributed by atoms with van der Waals surface area (Å²) in [5.74, 6) is 0.580. The fraction of sp³-hybridized carbons (Fsp3) is 0.0800. The average Bonchev–Trinajstić information content (AvgIpc) is 2.79. The number of hydrogen-bond donors (Lipinski definition) is 1. The molecule has 1 aromatic heterocycles. The van der Waals surface area contributed by atoms with Gasteiger partial charge in [0.1, 0.15) is 5.75 Å². The van der Waals surface area contributed by atoms with Crippen LogP contribution in [0.25, 0.3) is 32.8 Å². The first kappa shape index (κ1) is 18.1. The second-order valence-corrected chi connectivity index (χ2v) is 6.99. The van der Waals surface area contributed by atoms with Gasteiger partial charge in [0, 0.05) is 16.6 Å². The molecule has 1 N–H and O–H groups in total. The lowest BCUT2D eigenvalue weighted by Gasteiger charge is -2.08. The van der Waals surface area contributed by atoms with Gasteiger partial charge in [-0.1, -0.05) is 30.3 Å². The number of carbonyl (C=O) groups excluding carboxylic acids is 1. The predicted molar refractivity (Wildman–Crippen MR) is 120 cm³/mol. The lowest BCUT2D eigenvalue weighted by Crippen LogP contribution is -2.11. The Morgan fingerprint density at radius 3 is 2.50 bits per heavy atom. The standard InChI is InChI=1S/C25H19N3O2/c1-2-30-19-11-9-18(10-12-19)26-25(29)17-8-13-21-23(15-17)28-24-20-6-4-3-5-16(20)7-14-22(24)27-21/h3-15H,2H2,1H3,(H,26,29). The van der Waals surface area contributed by atoms with Gasteiger partial charge in [0.05, 0.1) is 28.7 Å². The van der Waals surface area contributed by atoms with Crippen LogP contribution in [0, 0.1) is 0 Å². The number of benzene rings is 4. The number of carbonyl (C=O) groups is 1. The van der Waals surface area contributed by atoms with Crippen LogP contribution in [0.4, 0.5) is 5.69 Å². The van der Waals surface area contributed by atoms with E-state index in [-0.39, 0.29) is 5.91 Å². The maximum absolute atomic E-state index is 12.8. The summed E-state index contributed by atoms with van der Waals surface area (Å²) >= 11 is 0. The molecule has 0 unspecified atom stereocenters. The molecule has 5 rings (SSSR count). The molecule has 0 spiro atoms. The summed E-state index contributed by atoms with van der Waals surface area (Å²) in [6, 6.07) is 24.8. The summed E-state index contributed by atoms with van der Waals surface area (Å²) in [6.07, 6.45) is 0. The monoisotopic (exact) mass is 393 g/mol. The average molecular weight is 393 g/mol. The van der Waals surface area contributed by atoms with Crippen LogP contribution in [0.15, 0.2) is 78.9 Å². The molecule has 5 aromatic rings. The van der Waals surface area contributed by atoms with E-state index in [4.69, 9.17) is 14.7 Å². The quantitative estimate of drug-likeness (QED) is 0.319. The van der Waals surface area contributed by atoms with Gasteiger partial charge in [-0.15, -0.1) is 0 Å². The highest BCUT2D eigenvalue weighted by Crippen LogP contribution is 2.25. The first-order chi connectivity index (χ1) is 14.7. The number of fused-ring (bicyclic) bond motifs is 4. The molecule has 0 saturated heterocycles. The topological polar surface area (TPSA) is 64.1 Å². The Balaban J connectivity index is 1.50. The molecule has 0 saturated carbocycles. The molecule has 0 aliphatic heterocycles. The summed E-state index contributed by atoms with van der Waals surface area (Å²) < 4.78 is 5.44. The summed E-state index contributed by atoms with van der Waals surface area (Å²) in [5, 5.41) is 5.08. The largest absolute Gasteiger partial charge is 0.494 e. The number of rotatable bonds is 4. The van der Waals surface area contributed by atoms with Crippen LogP contribution in [0.1, 0.15) is 17.3 Å². The van der Waals surface area contributed by atoms with Crippen molar-refractivity contribution >= 4 is 44.4 Å². The molecular formula is C25H19N3O2. The van der Waals surface area contributed by atoms with Crippen molar-refractivity contribution in [2.45, 2.75) is 6.92 Å². The Morgan fingerprint density at radius 2 is 1.67 bits per heavy atom. The molecule has 5 nitrogen and oxygen atoms in total. The zero-order valence-electron chi connectivity index (χ0n) is 16.4. The van der Waals surface area contributed by atoms with Crippen molar-refractivity contribution in [2.75, 3.05) is 11.9 Å². The minimum Gasteiger partial charge on any atom is -0.494 e. The van der Waals surface area contributed by atoms with Crippen LogP contribution in [0.2, 0.25) is 0 Å². The van der Waals surface area contributed by atoms with E-state index in [9.17, 15) is 4.79 Å². The molecule has 30 heavy (non-hydrogen) atoms. The molecule has 0 atom stereocenters. The van der Waals surface area contributed by atoms with Gasteiger partial charge in [0.2, 0.25) is 0 Å². The number of anilines is 1. The first-order valence-corrected chi connectivity index (χ1v) is 9.85. The lowest BCUT2D eigenvalue weighted by atomic mass is 10.1. The molecule has 0 aliphatic rings. The van der Waals surface area contributed by atoms with Gasteiger partial charge >= 0.3 is 0 Å². The highest BCUT2D eigenvalue weighted by Gasteiger charge is 2.10. The maximum atomic E-state index is 12.8.